The Morgan fingerprint density at radius 3 is 2.79 bits per heavy atom. The van der Waals surface area contributed by atoms with Gasteiger partial charge in [-0.05, 0) is 49.9 Å². The summed E-state index contributed by atoms with van der Waals surface area (Å²) in [4.78, 5) is 25.0. The van der Waals surface area contributed by atoms with Crippen molar-refractivity contribution in [2.45, 2.75) is 32.7 Å². The summed E-state index contributed by atoms with van der Waals surface area (Å²) in [6, 6.07) is 6.70. The van der Waals surface area contributed by atoms with E-state index in [1.807, 2.05) is 13.0 Å². The first-order valence-corrected chi connectivity index (χ1v) is 8.27. The van der Waals surface area contributed by atoms with Gasteiger partial charge in [0.05, 0.1) is 7.11 Å². The van der Waals surface area contributed by atoms with Crippen molar-refractivity contribution in [2.75, 3.05) is 12.4 Å². The molecule has 0 spiro atoms. The fourth-order valence-electron chi connectivity index (χ4n) is 3.06. The molecule has 1 aromatic carbocycles. The summed E-state index contributed by atoms with van der Waals surface area (Å²) in [5.74, 6) is 0.0376. The van der Waals surface area contributed by atoms with Crippen LogP contribution in [0.3, 0.4) is 0 Å². The molecule has 0 fully saturated rings. The van der Waals surface area contributed by atoms with Crippen molar-refractivity contribution < 1.29 is 9.53 Å². The summed E-state index contributed by atoms with van der Waals surface area (Å²) < 4.78 is 6.97. The van der Waals surface area contributed by atoms with E-state index in [-0.39, 0.29) is 11.5 Å². The van der Waals surface area contributed by atoms with Gasteiger partial charge in [-0.2, -0.15) is 0 Å². The third-order valence-electron chi connectivity index (χ3n) is 4.29. The van der Waals surface area contributed by atoms with Gasteiger partial charge >= 0.3 is 0 Å². The minimum Gasteiger partial charge on any atom is -0.496 e. The summed E-state index contributed by atoms with van der Waals surface area (Å²) in [7, 11) is 1.47. The van der Waals surface area contributed by atoms with E-state index in [4.69, 9.17) is 16.3 Å². The normalized spacial score (nSPS) is 13.3. The monoisotopic (exact) mass is 346 g/mol. The number of aromatic nitrogens is 1. The molecule has 1 aromatic heterocycles. The lowest BCUT2D eigenvalue weighted by Gasteiger charge is -2.22. The number of halogens is 1. The van der Waals surface area contributed by atoms with Gasteiger partial charge in [0.25, 0.3) is 11.5 Å². The van der Waals surface area contributed by atoms with Gasteiger partial charge in [0.2, 0.25) is 0 Å². The zero-order valence-electron chi connectivity index (χ0n) is 13.7. The molecular formula is C18H19ClN2O3. The second-order valence-corrected chi connectivity index (χ2v) is 6.31. The molecule has 126 valence electrons. The van der Waals surface area contributed by atoms with Crippen LogP contribution in [0.1, 0.15) is 34.5 Å². The summed E-state index contributed by atoms with van der Waals surface area (Å²) in [5, 5.41) is 3.53. The van der Waals surface area contributed by atoms with Crippen LogP contribution >= 0.6 is 11.6 Å². The Hall–Kier alpha value is -2.27. The van der Waals surface area contributed by atoms with Gasteiger partial charge in [-0.1, -0.05) is 11.6 Å². The van der Waals surface area contributed by atoms with Crippen molar-refractivity contribution >= 4 is 23.2 Å². The second-order valence-electron chi connectivity index (χ2n) is 5.90. The molecule has 5 nitrogen and oxygen atoms in total. The van der Waals surface area contributed by atoms with Crippen LogP contribution in [0.25, 0.3) is 0 Å². The van der Waals surface area contributed by atoms with E-state index in [0.717, 1.165) is 24.1 Å². The molecule has 1 amide bonds. The molecule has 6 heteroatoms. The minimum atomic E-state index is -0.278. The van der Waals surface area contributed by atoms with Gasteiger partial charge in [-0.15, -0.1) is 0 Å². The van der Waals surface area contributed by atoms with E-state index in [9.17, 15) is 9.59 Å². The molecule has 0 saturated carbocycles. The number of rotatable bonds is 3. The minimum absolute atomic E-state index is 0.125. The Morgan fingerprint density at radius 1 is 1.29 bits per heavy atom. The first kappa shape index (κ1) is 16.6. The van der Waals surface area contributed by atoms with Crippen molar-refractivity contribution in [3.05, 3.63) is 56.5 Å². The molecule has 0 bridgehead atoms. The first-order chi connectivity index (χ1) is 11.5. The van der Waals surface area contributed by atoms with Crippen LogP contribution in [0.4, 0.5) is 5.69 Å². The molecule has 0 aliphatic carbocycles. The van der Waals surface area contributed by atoms with Gasteiger partial charge in [-0.3, -0.25) is 9.59 Å². The van der Waals surface area contributed by atoms with Gasteiger partial charge in [0.1, 0.15) is 11.3 Å². The molecule has 2 heterocycles. The van der Waals surface area contributed by atoms with Crippen molar-refractivity contribution in [1.82, 2.24) is 4.57 Å². The number of aryl methyl sites for hydroxylation is 1. The van der Waals surface area contributed by atoms with E-state index in [1.54, 1.807) is 16.7 Å². The van der Waals surface area contributed by atoms with E-state index in [1.165, 1.54) is 13.2 Å². The van der Waals surface area contributed by atoms with Crippen LogP contribution in [-0.4, -0.2) is 17.6 Å². The van der Waals surface area contributed by atoms with Gasteiger partial charge in [0.15, 0.2) is 0 Å². The molecule has 1 aliphatic heterocycles. The fourth-order valence-corrected chi connectivity index (χ4v) is 3.18. The highest BCUT2D eigenvalue weighted by atomic mass is 35.5. The molecule has 1 aliphatic rings. The molecule has 0 atom stereocenters. The number of carbonyl (C=O) groups excluding carboxylic acids is 1. The van der Waals surface area contributed by atoms with Crippen LogP contribution in [0.2, 0.25) is 5.02 Å². The second kappa shape index (κ2) is 6.69. The van der Waals surface area contributed by atoms with Crippen molar-refractivity contribution in [3.63, 3.8) is 0 Å². The Balaban J connectivity index is 2.02. The SMILES string of the molecule is COc1cc(=O)n2c(c1C(=O)Nc1ccc(Cl)c(C)c1)CCCC2. The maximum Gasteiger partial charge on any atom is 0.261 e. The molecular weight excluding hydrogens is 328 g/mol. The molecule has 24 heavy (non-hydrogen) atoms. The third kappa shape index (κ3) is 3.04. The number of methoxy groups -OCH3 is 1. The van der Waals surface area contributed by atoms with E-state index >= 15 is 0 Å². The van der Waals surface area contributed by atoms with Crippen molar-refractivity contribution in [1.29, 1.82) is 0 Å². The van der Waals surface area contributed by atoms with Crippen LogP contribution in [-0.2, 0) is 13.0 Å². The van der Waals surface area contributed by atoms with Crippen LogP contribution in [0.5, 0.6) is 5.75 Å². The lowest BCUT2D eigenvalue weighted by molar-refractivity contribution is 0.102. The van der Waals surface area contributed by atoms with Crippen molar-refractivity contribution in [3.8, 4) is 5.75 Å². The Kier molecular flexibility index (Phi) is 4.62. The third-order valence-corrected chi connectivity index (χ3v) is 4.71. The number of nitrogens with one attached hydrogen (secondary N) is 1. The van der Waals surface area contributed by atoms with Gasteiger partial charge in [-0.25, -0.2) is 0 Å². The number of ether oxygens (including phenoxy) is 1. The number of anilines is 1. The number of hydrogen-bond donors (Lipinski definition) is 1. The van der Waals surface area contributed by atoms with Crippen LogP contribution in [0, 0.1) is 6.92 Å². The lowest BCUT2D eigenvalue weighted by Crippen LogP contribution is -2.30. The number of fused-ring (bicyclic) bond motifs is 1. The number of pyridine rings is 1. The van der Waals surface area contributed by atoms with E-state index in [2.05, 4.69) is 5.32 Å². The molecule has 0 saturated heterocycles. The number of benzene rings is 1. The number of amides is 1. The maximum absolute atomic E-state index is 12.8. The number of nitrogens with zero attached hydrogens (tertiary/aromatic N) is 1. The number of carbonyl (C=O) groups is 1. The van der Waals surface area contributed by atoms with Crippen LogP contribution in [0.15, 0.2) is 29.1 Å². The predicted octanol–water partition coefficient (Wildman–Crippen LogP) is 3.41. The van der Waals surface area contributed by atoms with Crippen molar-refractivity contribution in [2.24, 2.45) is 0 Å². The average molecular weight is 347 g/mol. The molecule has 2 aromatic rings. The first-order valence-electron chi connectivity index (χ1n) is 7.89. The predicted molar refractivity (Wildman–Crippen MR) is 94.3 cm³/mol. The topological polar surface area (TPSA) is 60.3 Å². The lowest BCUT2D eigenvalue weighted by atomic mass is 10.0. The van der Waals surface area contributed by atoms with Gasteiger partial charge in [0, 0.05) is 29.0 Å². The Bertz CT molecular complexity index is 858. The zero-order chi connectivity index (χ0) is 17.3. The largest absolute Gasteiger partial charge is 0.496 e. The smallest absolute Gasteiger partial charge is 0.261 e. The van der Waals surface area contributed by atoms with Crippen LogP contribution < -0.4 is 15.6 Å². The maximum atomic E-state index is 12.8. The molecule has 3 rings (SSSR count). The highest BCUT2D eigenvalue weighted by Crippen LogP contribution is 2.27. The van der Waals surface area contributed by atoms with E-state index in [0.29, 0.717) is 35.0 Å². The van der Waals surface area contributed by atoms with Gasteiger partial charge < -0.3 is 14.6 Å². The highest BCUT2D eigenvalue weighted by Gasteiger charge is 2.24. The standard InChI is InChI=1S/C18H19ClN2O3/c1-11-9-12(6-7-13(11)19)20-18(23)17-14-5-3-4-8-21(14)16(22)10-15(17)24-2/h6-7,9-10H,3-5,8H2,1-2H3,(H,20,23). The summed E-state index contributed by atoms with van der Waals surface area (Å²) >= 11 is 6.02. The quantitative estimate of drug-likeness (QED) is 0.926. The highest BCUT2D eigenvalue weighted by molar-refractivity contribution is 6.31. The fraction of sp³-hybridized carbons (Fsp3) is 0.333. The summed E-state index contributed by atoms with van der Waals surface area (Å²) in [6.07, 6.45) is 2.58. The zero-order valence-corrected chi connectivity index (χ0v) is 14.4. The molecule has 0 unspecified atom stereocenters. The summed E-state index contributed by atoms with van der Waals surface area (Å²) in [5.41, 5.74) is 2.59. The molecule has 1 N–H and O–H groups in total. The summed E-state index contributed by atoms with van der Waals surface area (Å²) in [6.45, 7) is 2.51. The Labute approximate surface area is 145 Å². The number of hydrogen-bond acceptors (Lipinski definition) is 3. The molecule has 0 radical (unpaired) electrons. The average Bonchev–Trinajstić information content (AvgIpc) is 2.58. The Morgan fingerprint density at radius 2 is 2.08 bits per heavy atom. The van der Waals surface area contributed by atoms with E-state index < -0.39 is 0 Å².